The first-order valence-electron chi connectivity index (χ1n) is 8.64. The topological polar surface area (TPSA) is 104 Å². The predicted octanol–water partition coefficient (Wildman–Crippen LogP) is 3.07. The molecule has 0 aliphatic carbocycles. The minimum Gasteiger partial charge on any atom is -0.508 e. The van der Waals surface area contributed by atoms with Crippen LogP contribution in [0, 0.1) is 20.8 Å². The van der Waals surface area contributed by atoms with E-state index in [-0.39, 0.29) is 23.5 Å². The molecule has 0 saturated carbocycles. The lowest BCUT2D eigenvalue weighted by Crippen LogP contribution is -2.55. The molecule has 146 valence electrons. The molecule has 1 atom stereocenters. The van der Waals surface area contributed by atoms with Crippen molar-refractivity contribution in [3.05, 3.63) is 58.7 Å². The third-order valence-corrected chi connectivity index (χ3v) is 6.50. The second-order valence-electron chi connectivity index (χ2n) is 6.92. The van der Waals surface area contributed by atoms with Gasteiger partial charge in [-0.15, -0.1) is 0 Å². The van der Waals surface area contributed by atoms with Crippen LogP contribution in [0.1, 0.15) is 35.6 Å². The van der Waals surface area contributed by atoms with Crippen molar-refractivity contribution < 1.29 is 23.4 Å². The molecule has 2 rings (SSSR count). The molecule has 2 aromatic carbocycles. The van der Waals surface area contributed by atoms with Gasteiger partial charge in [0, 0.05) is 6.42 Å². The van der Waals surface area contributed by atoms with Gasteiger partial charge in [0.15, 0.2) is 0 Å². The maximum Gasteiger partial charge on any atom is 0.325 e. The van der Waals surface area contributed by atoms with Crippen molar-refractivity contribution in [3.63, 3.8) is 0 Å². The molecule has 0 saturated heterocycles. The van der Waals surface area contributed by atoms with Crippen LogP contribution in [0.15, 0.2) is 41.3 Å². The first kappa shape index (κ1) is 20.9. The molecule has 2 aromatic rings. The lowest BCUT2D eigenvalue weighted by atomic mass is 9.89. The molecule has 0 heterocycles. The van der Waals surface area contributed by atoms with Gasteiger partial charge in [0.1, 0.15) is 11.3 Å². The Morgan fingerprint density at radius 1 is 1.07 bits per heavy atom. The Bertz CT molecular complexity index is 928. The standard InChI is InChI=1S/C20H25NO5S/c1-5-20(19(23)24,12-16-6-8-17(22)9-7-16)21-27(25,26)18-14(3)10-13(2)11-15(18)4/h6-11,21-22H,5,12H2,1-4H3,(H,23,24)/t20-/m0/s1. The van der Waals surface area contributed by atoms with Crippen LogP contribution in [0.5, 0.6) is 5.75 Å². The van der Waals surface area contributed by atoms with Crippen LogP contribution in [-0.4, -0.2) is 30.1 Å². The molecule has 0 spiro atoms. The van der Waals surface area contributed by atoms with Crippen LogP contribution in [0.3, 0.4) is 0 Å². The number of aliphatic carboxylic acids is 1. The van der Waals surface area contributed by atoms with Crippen molar-refractivity contribution >= 4 is 16.0 Å². The van der Waals surface area contributed by atoms with Gasteiger partial charge < -0.3 is 10.2 Å². The zero-order valence-corrected chi connectivity index (χ0v) is 16.7. The Kier molecular flexibility index (Phi) is 5.97. The molecule has 0 amide bonds. The summed E-state index contributed by atoms with van der Waals surface area (Å²) in [5.74, 6) is -1.19. The average Bonchev–Trinajstić information content (AvgIpc) is 2.54. The molecule has 0 aliphatic rings. The Balaban J connectivity index is 2.49. The van der Waals surface area contributed by atoms with Crippen molar-refractivity contribution in [2.24, 2.45) is 0 Å². The summed E-state index contributed by atoms with van der Waals surface area (Å²) in [4.78, 5) is 12.2. The van der Waals surface area contributed by atoms with E-state index in [1.807, 2.05) is 6.92 Å². The molecule has 0 unspecified atom stereocenters. The quantitative estimate of drug-likeness (QED) is 0.673. The summed E-state index contributed by atoms with van der Waals surface area (Å²) in [5.41, 5.74) is 0.990. The highest BCUT2D eigenvalue weighted by Crippen LogP contribution is 2.26. The number of phenols is 1. The summed E-state index contributed by atoms with van der Waals surface area (Å²) < 4.78 is 28.6. The highest BCUT2D eigenvalue weighted by molar-refractivity contribution is 7.89. The second kappa shape index (κ2) is 7.70. The summed E-state index contributed by atoms with van der Waals surface area (Å²) in [6, 6.07) is 9.57. The third kappa shape index (κ3) is 4.48. The molecule has 7 heteroatoms. The van der Waals surface area contributed by atoms with Crippen molar-refractivity contribution in [2.45, 2.75) is 51.0 Å². The van der Waals surface area contributed by atoms with E-state index in [1.165, 1.54) is 12.1 Å². The summed E-state index contributed by atoms with van der Waals surface area (Å²) >= 11 is 0. The zero-order valence-electron chi connectivity index (χ0n) is 15.9. The molecule has 0 bridgehead atoms. The number of hydrogen-bond donors (Lipinski definition) is 3. The van der Waals surface area contributed by atoms with E-state index in [4.69, 9.17) is 0 Å². The van der Waals surface area contributed by atoms with Gasteiger partial charge in [-0.05, 0) is 56.0 Å². The minimum atomic E-state index is -4.06. The molecule has 0 radical (unpaired) electrons. The van der Waals surface area contributed by atoms with Gasteiger partial charge in [0.2, 0.25) is 10.0 Å². The fourth-order valence-corrected chi connectivity index (χ4v) is 5.25. The molecule has 27 heavy (non-hydrogen) atoms. The van der Waals surface area contributed by atoms with Gasteiger partial charge in [0.25, 0.3) is 0 Å². The molecular formula is C20H25NO5S. The maximum atomic E-state index is 13.1. The summed E-state index contributed by atoms with van der Waals surface area (Å²) in [6.07, 6.45) is 0.0225. The van der Waals surface area contributed by atoms with Crippen molar-refractivity contribution in [2.75, 3.05) is 0 Å². The fourth-order valence-electron chi connectivity index (χ4n) is 3.36. The first-order valence-corrected chi connectivity index (χ1v) is 10.1. The number of carbonyl (C=O) groups is 1. The summed E-state index contributed by atoms with van der Waals surface area (Å²) in [6.45, 7) is 6.90. The first-order chi connectivity index (χ1) is 12.5. The van der Waals surface area contributed by atoms with Gasteiger partial charge in [0.05, 0.1) is 4.90 Å². The highest BCUT2D eigenvalue weighted by Gasteiger charge is 2.41. The number of carboxylic acids is 1. The van der Waals surface area contributed by atoms with Crippen LogP contribution in [0.2, 0.25) is 0 Å². The smallest absolute Gasteiger partial charge is 0.325 e. The van der Waals surface area contributed by atoms with Crippen molar-refractivity contribution in [1.29, 1.82) is 0 Å². The average molecular weight is 391 g/mol. The van der Waals surface area contributed by atoms with Crippen LogP contribution < -0.4 is 4.72 Å². The van der Waals surface area contributed by atoms with Crippen molar-refractivity contribution in [1.82, 2.24) is 4.72 Å². The van der Waals surface area contributed by atoms with Crippen LogP contribution in [0.25, 0.3) is 0 Å². The molecule has 6 nitrogen and oxygen atoms in total. The Morgan fingerprint density at radius 2 is 1.59 bits per heavy atom. The van der Waals surface area contributed by atoms with Gasteiger partial charge in [-0.3, -0.25) is 4.79 Å². The minimum absolute atomic E-state index is 0.0394. The van der Waals surface area contributed by atoms with Crippen LogP contribution in [0.4, 0.5) is 0 Å². The van der Waals surface area contributed by atoms with Gasteiger partial charge >= 0.3 is 5.97 Å². The number of carboxylic acid groups (broad SMARTS) is 1. The number of sulfonamides is 1. The largest absolute Gasteiger partial charge is 0.508 e. The lowest BCUT2D eigenvalue weighted by Gasteiger charge is -2.30. The molecule has 0 aliphatic heterocycles. The number of aromatic hydroxyl groups is 1. The van der Waals surface area contributed by atoms with Gasteiger partial charge in [-0.2, -0.15) is 4.72 Å². The normalized spacial score (nSPS) is 13.9. The molecule has 0 aromatic heterocycles. The zero-order chi connectivity index (χ0) is 20.4. The Hall–Kier alpha value is -2.38. The van der Waals surface area contributed by atoms with Gasteiger partial charge in [-0.25, -0.2) is 8.42 Å². The third-order valence-electron chi connectivity index (χ3n) is 4.66. The van der Waals surface area contributed by atoms with E-state index in [0.29, 0.717) is 16.7 Å². The predicted molar refractivity (Wildman–Crippen MR) is 103 cm³/mol. The van der Waals surface area contributed by atoms with E-state index in [9.17, 15) is 23.4 Å². The van der Waals surface area contributed by atoms with Crippen LogP contribution in [-0.2, 0) is 21.2 Å². The number of nitrogens with one attached hydrogen (secondary N) is 1. The second-order valence-corrected chi connectivity index (χ2v) is 8.54. The van der Waals surface area contributed by atoms with E-state index in [1.54, 1.807) is 45.0 Å². The summed E-state index contributed by atoms with van der Waals surface area (Å²) in [7, 11) is -4.06. The maximum absolute atomic E-state index is 13.1. The van der Waals surface area contributed by atoms with E-state index in [2.05, 4.69) is 4.72 Å². The number of hydrogen-bond acceptors (Lipinski definition) is 4. The number of phenolic OH excluding ortho intramolecular Hbond substituents is 1. The van der Waals surface area contributed by atoms with Gasteiger partial charge in [-0.1, -0.05) is 36.8 Å². The van der Waals surface area contributed by atoms with E-state index >= 15 is 0 Å². The Labute approximate surface area is 159 Å². The highest BCUT2D eigenvalue weighted by atomic mass is 32.2. The van der Waals surface area contributed by atoms with Crippen molar-refractivity contribution in [3.8, 4) is 5.75 Å². The lowest BCUT2D eigenvalue weighted by molar-refractivity contribution is -0.144. The molecule has 3 N–H and O–H groups in total. The fraction of sp³-hybridized carbons (Fsp3) is 0.350. The summed E-state index contributed by atoms with van der Waals surface area (Å²) in [5, 5.41) is 19.3. The Morgan fingerprint density at radius 3 is 2.04 bits per heavy atom. The van der Waals surface area contributed by atoms with Crippen LogP contribution >= 0.6 is 0 Å². The van der Waals surface area contributed by atoms with E-state index < -0.39 is 21.5 Å². The van der Waals surface area contributed by atoms with E-state index in [0.717, 1.165) is 5.56 Å². The monoisotopic (exact) mass is 391 g/mol. The number of rotatable bonds is 7. The molecular weight excluding hydrogens is 366 g/mol. The SMILES string of the molecule is CC[C@@](Cc1ccc(O)cc1)(NS(=O)(=O)c1c(C)cc(C)cc1C)C(=O)O. The molecule has 0 fully saturated rings. The number of aryl methyl sites for hydroxylation is 3. The number of benzene rings is 2.